The number of amides is 2. The van der Waals surface area contributed by atoms with E-state index in [1.807, 2.05) is 0 Å². The van der Waals surface area contributed by atoms with Crippen molar-refractivity contribution in [3.8, 4) is 0 Å². The quantitative estimate of drug-likeness (QED) is 0.649. The van der Waals surface area contributed by atoms with E-state index in [0.29, 0.717) is 21.8 Å². The molecule has 0 aromatic heterocycles. The summed E-state index contributed by atoms with van der Waals surface area (Å²) in [4.78, 5) is 35.9. The SMILES string of the molecule is CC(=O)c1ccc(NC(=O)C[NH+](C)CC(=O)Nc2ccc(F)cc2)cc1. The molecule has 2 amide bonds. The van der Waals surface area contributed by atoms with E-state index in [1.54, 1.807) is 31.3 Å². The van der Waals surface area contributed by atoms with Gasteiger partial charge in [0, 0.05) is 16.9 Å². The standard InChI is InChI=1S/C19H20FN3O3/c1-13(24)14-3-7-16(8-4-14)21-18(25)11-23(2)12-19(26)22-17-9-5-15(20)6-10-17/h3-10H,11-12H2,1-2H3,(H,21,25)(H,22,26)/p+1. The lowest BCUT2D eigenvalue weighted by Crippen LogP contribution is -3.11. The maximum Gasteiger partial charge on any atom is 0.279 e. The van der Waals surface area contributed by atoms with E-state index < -0.39 is 0 Å². The number of rotatable bonds is 7. The number of likely N-dealkylation sites (N-methyl/N-ethyl adjacent to an activating group) is 1. The Balaban J connectivity index is 1.79. The Morgan fingerprint density at radius 1 is 0.846 bits per heavy atom. The summed E-state index contributed by atoms with van der Waals surface area (Å²) in [6.45, 7) is 1.67. The number of hydrogen-bond donors (Lipinski definition) is 3. The number of benzene rings is 2. The Kier molecular flexibility index (Phi) is 6.57. The molecule has 2 aromatic rings. The number of nitrogens with one attached hydrogen (secondary N) is 3. The number of hydrogen-bond acceptors (Lipinski definition) is 3. The average molecular weight is 358 g/mol. The number of carbonyl (C=O) groups is 3. The van der Waals surface area contributed by atoms with Gasteiger partial charge in [0.2, 0.25) is 0 Å². The molecule has 0 radical (unpaired) electrons. The van der Waals surface area contributed by atoms with Crippen molar-refractivity contribution in [2.75, 3.05) is 30.8 Å². The third-order valence-corrected chi connectivity index (χ3v) is 3.63. The van der Waals surface area contributed by atoms with Crippen LogP contribution < -0.4 is 15.5 Å². The topological polar surface area (TPSA) is 79.7 Å². The van der Waals surface area contributed by atoms with Gasteiger partial charge in [0.1, 0.15) is 5.82 Å². The Bertz CT molecular complexity index is 789. The molecule has 0 heterocycles. The highest BCUT2D eigenvalue weighted by Gasteiger charge is 2.14. The summed E-state index contributed by atoms with van der Waals surface area (Å²) in [5, 5.41) is 5.37. The van der Waals surface area contributed by atoms with Gasteiger partial charge in [-0.05, 0) is 55.5 Å². The van der Waals surface area contributed by atoms with Crippen molar-refractivity contribution < 1.29 is 23.7 Å². The van der Waals surface area contributed by atoms with Crippen molar-refractivity contribution in [3.05, 3.63) is 59.9 Å². The molecule has 1 atom stereocenters. The maximum atomic E-state index is 12.8. The molecular weight excluding hydrogens is 337 g/mol. The van der Waals surface area contributed by atoms with Crippen LogP contribution in [0.2, 0.25) is 0 Å². The first-order valence-electron chi connectivity index (χ1n) is 8.11. The molecule has 2 aromatic carbocycles. The monoisotopic (exact) mass is 358 g/mol. The van der Waals surface area contributed by atoms with E-state index in [2.05, 4.69) is 10.6 Å². The molecule has 0 bridgehead atoms. The van der Waals surface area contributed by atoms with Crippen LogP contribution in [0.1, 0.15) is 17.3 Å². The number of ketones is 1. The largest absolute Gasteiger partial charge is 0.322 e. The number of anilines is 2. The molecule has 0 aliphatic rings. The third kappa shape index (κ3) is 6.10. The third-order valence-electron chi connectivity index (χ3n) is 3.63. The van der Waals surface area contributed by atoms with Crippen LogP contribution in [-0.2, 0) is 9.59 Å². The molecule has 0 aliphatic heterocycles. The summed E-state index contributed by atoms with van der Waals surface area (Å²) in [6.07, 6.45) is 0. The summed E-state index contributed by atoms with van der Waals surface area (Å²) in [5.74, 6) is -0.932. The van der Waals surface area contributed by atoms with E-state index in [4.69, 9.17) is 0 Å². The highest BCUT2D eigenvalue weighted by atomic mass is 19.1. The van der Waals surface area contributed by atoms with Crippen LogP contribution in [0.25, 0.3) is 0 Å². The number of carbonyl (C=O) groups excluding carboxylic acids is 3. The van der Waals surface area contributed by atoms with Crippen LogP contribution in [0.15, 0.2) is 48.5 Å². The summed E-state index contributed by atoms with van der Waals surface area (Å²) < 4.78 is 12.8. The minimum Gasteiger partial charge on any atom is -0.322 e. The molecule has 1 unspecified atom stereocenters. The van der Waals surface area contributed by atoms with E-state index in [1.165, 1.54) is 31.2 Å². The Labute approximate surface area is 151 Å². The molecule has 7 heteroatoms. The minimum atomic E-state index is -0.376. The lowest BCUT2D eigenvalue weighted by molar-refractivity contribution is -0.862. The number of Topliss-reactive ketones (excluding diaryl/α,β-unsaturated/α-hetero) is 1. The molecule has 136 valence electrons. The van der Waals surface area contributed by atoms with Gasteiger partial charge in [0.15, 0.2) is 18.9 Å². The first-order valence-corrected chi connectivity index (χ1v) is 8.11. The van der Waals surface area contributed by atoms with Crippen molar-refractivity contribution in [3.63, 3.8) is 0 Å². The molecule has 3 N–H and O–H groups in total. The van der Waals surface area contributed by atoms with Crippen molar-refractivity contribution in [1.82, 2.24) is 0 Å². The Hall–Kier alpha value is -3.06. The first kappa shape index (κ1) is 19.3. The van der Waals surface area contributed by atoms with Gasteiger partial charge in [0.05, 0.1) is 7.05 Å². The minimum absolute atomic E-state index is 0.0424. The van der Waals surface area contributed by atoms with Crippen LogP contribution >= 0.6 is 0 Å². The van der Waals surface area contributed by atoms with Crippen LogP contribution in [-0.4, -0.2) is 37.7 Å². The molecule has 0 aliphatic carbocycles. The predicted molar refractivity (Wildman–Crippen MR) is 96.7 cm³/mol. The fraction of sp³-hybridized carbons (Fsp3) is 0.211. The molecule has 0 spiro atoms. The number of halogens is 1. The van der Waals surface area contributed by atoms with E-state index in [-0.39, 0.29) is 36.5 Å². The van der Waals surface area contributed by atoms with Crippen molar-refractivity contribution in [1.29, 1.82) is 0 Å². The number of quaternary nitrogens is 1. The summed E-state index contributed by atoms with van der Waals surface area (Å²) in [6, 6.07) is 12.1. The first-order chi connectivity index (χ1) is 12.3. The van der Waals surface area contributed by atoms with E-state index >= 15 is 0 Å². The molecule has 2 rings (SSSR count). The summed E-state index contributed by atoms with van der Waals surface area (Å²) >= 11 is 0. The second-order valence-corrected chi connectivity index (χ2v) is 6.05. The lowest BCUT2D eigenvalue weighted by atomic mass is 10.1. The predicted octanol–water partition coefficient (Wildman–Crippen LogP) is 1.12. The van der Waals surface area contributed by atoms with E-state index in [9.17, 15) is 18.8 Å². The zero-order valence-electron chi connectivity index (χ0n) is 14.6. The van der Waals surface area contributed by atoms with Crippen LogP contribution in [0.4, 0.5) is 15.8 Å². The zero-order chi connectivity index (χ0) is 19.1. The molecule has 6 nitrogen and oxygen atoms in total. The molecule has 0 fully saturated rings. The van der Waals surface area contributed by atoms with Crippen LogP contribution in [0.3, 0.4) is 0 Å². The maximum absolute atomic E-state index is 12.8. The Morgan fingerprint density at radius 3 is 1.69 bits per heavy atom. The summed E-state index contributed by atoms with van der Waals surface area (Å²) in [7, 11) is 1.72. The van der Waals surface area contributed by atoms with Crippen LogP contribution in [0, 0.1) is 5.82 Å². The normalized spacial score (nSPS) is 11.5. The van der Waals surface area contributed by atoms with Crippen molar-refractivity contribution >= 4 is 29.0 Å². The molecule has 0 saturated heterocycles. The van der Waals surface area contributed by atoms with Gasteiger partial charge < -0.3 is 15.5 Å². The lowest BCUT2D eigenvalue weighted by Gasteiger charge is -2.14. The second-order valence-electron chi connectivity index (χ2n) is 6.05. The highest BCUT2D eigenvalue weighted by Crippen LogP contribution is 2.09. The van der Waals surface area contributed by atoms with Gasteiger partial charge >= 0.3 is 0 Å². The molecule has 26 heavy (non-hydrogen) atoms. The van der Waals surface area contributed by atoms with E-state index in [0.717, 1.165) is 0 Å². The van der Waals surface area contributed by atoms with Gasteiger partial charge in [-0.3, -0.25) is 14.4 Å². The fourth-order valence-corrected chi connectivity index (χ4v) is 2.34. The fourth-order valence-electron chi connectivity index (χ4n) is 2.34. The summed E-state index contributed by atoms with van der Waals surface area (Å²) in [5.41, 5.74) is 1.66. The van der Waals surface area contributed by atoms with Gasteiger partial charge in [-0.1, -0.05) is 0 Å². The van der Waals surface area contributed by atoms with Crippen LogP contribution in [0.5, 0.6) is 0 Å². The Morgan fingerprint density at radius 2 is 1.27 bits per heavy atom. The van der Waals surface area contributed by atoms with Gasteiger partial charge in [0.25, 0.3) is 11.8 Å². The average Bonchev–Trinajstić information content (AvgIpc) is 2.57. The smallest absolute Gasteiger partial charge is 0.279 e. The molecule has 0 saturated carbocycles. The van der Waals surface area contributed by atoms with Gasteiger partial charge in [-0.25, -0.2) is 4.39 Å². The zero-order valence-corrected chi connectivity index (χ0v) is 14.6. The van der Waals surface area contributed by atoms with Gasteiger partial charge in [-0.2, -0.15) is 0 Å². The highest BCUT2D eigenvalue weighted by molar-refractivity contribution is 5.96. The second kappa shape index (κ2) is 8.87. The van der Waals surface area contributed by atoms with Gasteiger partial charge in [-0.15, -0.1) is 0 Å². The molecular formula is C19H21FN3O3+. The van der Waals surface area contributed by atoms with Crippen molar-refractivity contribution in [2.45, 2.75) is 6.92 Å². The van der Waals surface area contributed by atoms with Crippen molar-refractivity contribution in [2.24, 2.45) is 0 Å².